The van der Waals surface area contributed by atoms with Crippen LogP contribution in [0.1, 0.15) is 11.1 Å². The van der Waals surface area contributed by atoms with Gasteiger partial charge in [-0.2, -0.15) is 0 Å². The highest BCUT2D eigenvalue weighted by Crippen LogP contribution is 2.42. The lowest BCUT2D eigenvalue weighted by molar-refractivity contribution is -0.143. The third-order valence-corrected chi connectivity index (χ3v) is 3.12. The van der Waals surface area contributed by atoms with E-state index in [4.69, 9.17) is 16.7 Å². The van der Waals surface area contributed by atoms with E-state index in [-0.39, 0.29) is 5.88 Å². The summed E-state index contributed by atoms with van der Waals surface area (Å²) in [4.78, 5) is 11.0. The molecule has 1 N–H and O–H groups in total. The van der Waals surface area contributed by atoms with E-state index in [0.717, 1.165) is 11.1 Å². The molecule has 2 nitrogen and oxygen atoms in total. The van der Waals surface area contributed by atoms with Crippen molar-refractivity contribution in [3.8, 4) is 0 Å². The number of fused-ring (bicyclic) bond motifs is 1. The molecule has 1 aliphatic rings. The van der Waals surface area contributed by atoms with Crippen LogP contribution in [-0.2, 0) is 16.6 Å². The number of carboxylic acids is 1. The van der Waals surface area contributed by atoms with Crippen LogP contribution < -0.4 is 0 Å². The molecule has 13 heavy (non-hydrogen) atoms. The minimum atomic E-state index is -0.821. The topological polar surface area (TPSA) is 37.3 Å². The fourth-order valence-corrected chi connectivity index (χ4v) is 2.17. The lowest BCUT2D eigenvalue weighted by Gasteiger charge is -2.38. The zero-order valence-electron chi connectivity index (χ0n) is 6.96. The van der Waals surface area contributed by atoms with Crippen molar-refractivity contribution in [2.75, 3.05) is 5.88 Å². The van der Waals surface area contributed by atoms with Crippen LogP contribution in [0.2, 0.25) is 0 Å². The number of hydrogen-bond donors (Lipinski definition) is 1. The van der Waals surface area contributed by atoms with E-state index in [0.29, 0.717) is 6.42 Å². The second-order valence-corrected chi connectivity index (χ2v) is 3.62. The largest absolute Gasteiger partial charge is 0.481 e. The molecule has 1 aromatic rings. The summed E-state index contributed by atoms with van der Waals surface area (Å²) in [5, 5.41) is 9.05. The number of benzene rings is 1. The van der Waals surface area contributed by atoms with Gasteiger partial charge in [-0.25, -0.2) is 0 Å². The second-order valence-electron chi connectivity index (χ2n) is 3.35. The predicted octanol–water partition coefficient (Wildman–Crippen LogP) is 1.80. The standard InChI is InChI=1S/C10H9ClO2/c11-6-10(9(12)13)5-7-3-1-2-4-8(7)10/h1-4H,5-6H2,(H,12,13). The van der Waals surface area contributed by atoms with Crippen molar-refractivity contribution in [2.24, 2.45) is 0 Å². The first-order chi connectivity index (χ1) is 6.20. The average Bonchev–Trinajstić information content (AvgIpc) is 2.07. The Labute approximate surface area is 81.1 Å². The number of halogens is 1. The van der Waals surface area contributed by atoms with Crippen LogP contribution in [0.4, 0.5) is 0 Å². The summed E-state index contributed by atoms with van der Waals surface area (Å²) < 4.78 is 0. The van der Waals surface area contributed by atoms with Crippen molar-refractivity contribution in [1.82, 2.24) is 0 Å². The van der Waals surface area contributed by atoms with Gasteiger partial charge in [0.15, 0.2) is 0 Å². The molecule has 1 aromatic carbocycles. The van der Waals surface area contributed by atoms with E-state index < -0.39 is 11.4 Å². The van der Waals surface area contributed by atoms with Crippen LogP contribution in [0.25, 0.3) is 0 Å². The molecule has 0 radical (unpaired) electrons. The molecule has 0 aromatic heterocycles. The van der Waals surface area contributed by atoms with Gasteiger partial charge in [-0.15, -0.1) is 11.6 Å². The first kappa shape index (κ1) is 8.57. The Hall–Kier alpha value is -1.02. The molecule has 0 bridgehead atoms. The number of carboxylic acid groups (broad SMARTS) is 1. The third kappa shape index (κ3) is 0.985. The van der Waals surface area contributed by atoms with Gasteiger partial charge in [0.2, 0.25) is 0 Å². The van der Waals surface area contributed by atoms with Gasteiger partial charge >= 0.3 is 5.97 Å². The highest BCUT2D eigenvalue weighted by atomic mass is 35.5. The minimum absolute atomic E-state index is 0.152. The molecule has 0 saturated carbocycles. The molecule has 0 amide bonds. The summed E-state index contributed by atoms with van der Waals surface area (Å²) in [6.07, 6.45) is 0.558. The van der Waals surface area contributed by atoms with Gasteiger partial charge < -0.3 is 5.11 Å². The Morgan fingerprint density at radius 2 is 2.23 bits per heavy atom. The Morgan fingerprint density at radius 3 is 2.77 bits per heavy atom. The average molecular weight is 197 g/mol. The lowest BCUT2D eigenvalue weighted by Crippen LogP contribution is -2.47. The molecule has 0 fully saturated rings. The van der Waals surface area contributed by atoms with Crippen LogP contribution in [0.5, 0.6) is 0 Å². The first-order valence-electron chi connectivity index (χ1n) is 4.08. The van der Waals surface area contributed by atoms with Crippen LogP contribution in [0, 0.1) is 0 Å². The van der Waals surface area contributed by atoms with Gasteiger partial charge in [0.05, 0.1) is 0 Å². The monoisotopic (exact) mass is 196 g/mol. The molecule has 1 atom stereocenters. The third-order valence-electron chi connectivity index (χ3n) is 2.66. The Kier molecular flexibility index (Phi) is 1.81. The van der Waals surface area contributed by atoms with E-state index in [1.54, 1.807) is 0 Å². The molecular weight excluding hydrogens is 188 g/mol. The number of rotatable bonds is 2. The summed E-state index contributed by atoms with van der Waals surface area (Å²) in [5.41, 5.74) is 1.15. The van der Waals surface area contributed by atoms with Crippen LogP contribution in [-0.4, -0.2) is 17.0 Å². The fourth-order valence-electron chi connectivity index (χ4n) is 1.82. The van der Waals surface area contributed by atoms with Crippen LogP contribution in [0.15, 0.2) is 24.3 Å². The molecule has 68 valence electrons. The molecule has 0 saturated heterocycles. The van der Waals surface area contributed by atoms with E-state index in [1.807, 2.05) is 24.3 Å². The van der Waals surface area contributed by atoms with Crippen molar-refractivity contribution in [3.05, 3.63) is 35.4 Å². The summed E-state index contributed by atoms with van der Waals surface area (Å²) in [6.45, 7) is 0. The van der Waals surface area contributed by atoms with Crippen molar-refractivity contribution in [1.29, 1.82) is 0 Å². The van der Waals surface area contributed by atoms with Gasteiger partial charge in [0, 0.05) is 5.88 Å². The maximum Gasteiger partial charge on any atom is 0.315 e. The quantitative estimate of drug-likeness (QED) is 0.733. The van der Waals surface area contributed by atoms with Gasteiger partial charge in [-0.05, 0) is 17.5 Å². The maximum atomic E-state index is 11.0. The molecule has 0 heterocycles. The van der Waals surface area contributed by atoms with Crippen molar-refractivity contribution in [3.63, 3.8) is 0 Å². The first-order valence-corrected chi connectivity index (χ1v) is 4.62. The van der Waals surface area contributed by atoms with Crippen molar-refractivity contribution < 1.29 is 9.90 Å². The molecule has 0 spiro atoms. The zero-order valence-corrected chi connectivity index (χ0v) is 7.71. The molecule has 1 unspecified atom stereocenters. The fraction of sp³-hybridized carbons (Fsp3) is 0.300. The SMILES string of the molecule is O=C(O)C1(CCl)Cc2ccccc21. The highest BCUT2D eigenvalue weighted by Gasteiger charge is 2.48. The van der Waals surface area contributed by atoms with E-state index in [1.165, 1.54) is 0 Å². The Balaban J connectivity index is 2.47. The minimum Gasteiger partial charge on any atom is -0.481 e. The van der Waals surface area contributed by atoms with Crippen LogP contribution >= 0.6 is 11.6 Å². The van der Waals surface area contributed by atoms with Gasteiger partial charge in [-0.1, -0.05) is 24.3 Å². The lowest BCUT2D eigenvalue weighted by atomic mass is 9.65. The highest BCUT2D eigenvalue weighted by molar-refractivity contribution is 6.21. The molecule has 2 rings (SSSR count). The Bertz CT molecular complexity index is 362. The van der Waals surface area contributed by atoms with Gasteiger partial charge in [-0.3, -0.25) is 4.79 Å². The van der Waals surface area contributed by atoms with E-state index >= 15 is 0 Å². The smallest absolute Gasteiger partial charge is 0.315 e. The molecule has 0 aliphatic heterocycles. The maximum absolute atomic E-state index is 11.0. The van der Waals surface area contributed by atoms with Crippen molar-refractivity contribution >= 4 is 17.6 Å². The van der Waals surface area contributed by atoms with E-state index in [9.17, 15) is 4.79 Å². The summed E-state index contributed by atoms with van der Waals surface area (Å²) in [7, 11) is 0. The molecule has 3 heteroatoms. The summed E-state index contributed by atoms with van der Waals surface area (Å²) >= 11 is 5.70. The van der Waals surface area contributed by atoms with E-state index in [2.05, 4.69) is 0 Å². The van der Waals surface area contributed by atoms with Gasteiger partial charge in [0.1, 0.15) is 5.41 Å². The summed E-state index contributed by atoms with van der Waals surface area (Å²) in [6, 6.07) is 7.56. The zero-order chi connectivity index (χ0) is 9.47. The number of aliphatic carboxylic acids is 1. The second kappa shape index (κ2) is 2.74. The number of alkyl halides is 1. The molecule has 1 aliphatic carbocycles. The summed E-state index contributed by atoms with van der Waals surface area (Å²) in [5.74, 6) is -0.666. The number of carbonyl (C=O) groups is 1. The normalized spacial score (nSPS) is 24.7. The number of hydrogen-bond acceptors (Lipinski definition) is 1. The predicted molar refractivity (Wildman–Crippen MR) is 50.2 cm³/mol. The molecular formula is C10H9ClO2. The van der Waals surface area contributed by atoms with Crippen LogP contribution in [0.3, 0.4) is 0 Å². The van der Waals surface area contributed by atoms with Gasteiger partial charge in [0.25, 0.3) is 0 Å². The van der Waals surface area contributed by atoms with Crippen molar-refractivity contribution in [2.45, 2.75) is 11.8 Å². The Morgan fingerprint density at radius 1 is 1.54 bits per heavy atom.